The zero-order valence-electron chi connectivity index (χ0n) is 16.0. The zero-order valence-corrected chi connectivity index (χ0v) is 16.0. The van der Waals surface area contributed by atoms with E-state index in [4.69, 9.17) is 9.47 Å². The predicted octanol–water partition coefficient (Wildman–Crippen LogP) is 2.79. The molecule has 0 spiro atoms. The smallest absolute Gasteiger partial charge is 0.260 e. The van der Waals surface area contributed by atoms with Crippen LogP contribution in [0.2, 0.25) is 0 Å². The Morgan fingerprint density at radius 1 is 1.00 bits per heavy atom. The summed E-state index contributed by atoms with van der Waals surface area (Å²) in [6, 6.07) is 13.4. The average molecular weight is 380 g/mol. The summed E-state index contributed by atoms with van der Waals surface area (Å²) in [6.07, 6.45) is 2.34. The van der Waals surface area contributed by atoms with Crippen molar-refractivity contribution in [2.75, 3.05) is 31.7 Å². The molecule has 146 valence electrons. The SMILES string of the molecule is COc1ccc2c(c1)CN(C(=O)COc1ccc(N3CCCC3=O)cc1)CC2. The van der Waals surface area contributed by atoms with Crippen LogP contribution in [0.15, 0.2) is 42.5 Å². The fourth-order valence-electron chi connectivity index (χ4n) is 3.75. The van der Waals surface area contributed by atoms with Gasteiger partial charge in [0.2, 0.25) is 5.91 Å². The molecule has 0 N–H and O–H groups in total. The summed E-state index contributed by atoms with van der Waals surface area (Å²) in [5.74, 6) is 1.56. The molecule has 2 heterocycles. The lowest BCUT2D eigenvalue weighted by atomic mass is 9.99. The lowest BCUT2D eigenvalue weighted by molar-refractivity contribution is -0.134. The van der Waals surface area contributed by atoms with Gasteiger partial charge in [0.1, 0.15) is 11.5 Å². The van der Waals surface area contributed by atoms with E-state index in [1.165, 1.54) is 5.56 Å². The number of anilines is 1. The molecule has 0 aromatic heterocycles. The number of carbonyl (C=O) groups is 2. The van der Waals surface area contributed by atoms with Crippen molar-refractivity contribution in [2.24, 2.45) is 0 Å². The van der Waals surface area contributed by atoms with Gasteiger partial charge >= 0.3 is 0 Å². The van der Waals surface area contributed by atoms with Crippen molar-refractivity contribution >= 4 is 17.5 Å². The van der Waals surface area contributed by atoms with Gasteiger partial charge in [-0.15, -0.1) is 0 Å². The summed E-state index contributed by atoms with van der Waals surface area (Å²) in [5, 5.41) is 0. The van der Waals surface area contributed by atoms with E-state index in [2.05, 4.69) is 6.07 Å². The average Bonchev–Trinajstić information content (AvgIpc) is 3.17. The fourth-order valence-corrected chi connectivity index (χ4v) is 3.75. The van der Waals surface area contributed by atoms with Crippen molar-refractivity contribution in [3.8, 4) is 11.5 Å². The van der Waals surface area contributed by atoms with Crippen molar-refractivity contribution in [3.63, 3.8) is 0 Å². The van der Waals surface area contributed by atoms with E-state index >= 15 is 0 Å². The summed E-state index contributed by atoms with van der Waals surface area (Å²) >= 11 is 0. The minimum absolute atomic E-state index is 0.00128. The highest BCUT2D eigenvalue weighted by Crippen LogP contribution is 2.25. The van der Waals surface area contributed by atoms with E-state index in [1.54, 1.807) is 12.0 Å². The summed E-state index contributed by atoms with van der Waals surface area (Å²) in [5.41, 5.74) is 3.26. The molecule has 0 bridgehead atoms. The number of methoxy groups -OCH3 is 1. The first-order valence-electron chi connectivity index (χ1n) is 9.61. The van der Waals surface area contributed by atoms with Gasteiger partial charge in [-0.05, 0) is 60.4 Å². The molecule has 0 aliphatic carbocycles. The summed E-state index contributed by atoms with van der Waals surface area (Å²) < 4.78 is 11.0. The quantitative estimate of drug-likeness (QED) is 0.800. The van der Waals surface area contributed by atoms with Gasteiger partial charge in [0.05, 0.1) is 7.11 Å². The number of hydrogen-bond donors (Lipinski definition) is 0. The van der Waals surface area contributed by atoms with Gasteiger partial charge in [0.15, 0.2) is 6.61 Å². The number of ether oxygens (including phenoxy) is 2. The van der Waals surface area contributed by atoms with Crippen LogP contribution in [0.25, 0.3) is 0 Å². The number of nitrogens with zero attached hydrogens (tertiary/aromatic N) is 2. The van der Waals surface area contributed by atoms with E-state index in [0.717, 1.165) is 36.4 Å². The first-order chi connectivity index (χ1) is 13.6. The van der Waals surface area contributed by atoms with Gasteiger partial charge < -0.3 is 19.3 Å². The highest BCUT2D eigenvalue weighted by Gasteiger charge is 2.23. The fraction of sp³-hybridized carbons (Fsp3) is 0.364. The Balaban J connectivity index is 1.33. The Morgan fingerprint density at radius 3 is 2.50 bits per heavy atom. The third kappa shape index (κ3) is 3.81. The summed E-state index contributed by atoms with van der Waals surface area (Å²) in [4.78, 5) is 28.0. The van der Waals surface area contributed by atoms with Crippen molar-refractivity contribution < 1.29 is 19.1 Å². The molecule has 2 aliphatic rings. The van der Waals surface area contributed by atoms with E-state index in [1.807, 2.05) is 41.3 Å². The second kappa shape index (κ2) is 7.92. The van der Waals surface area contributed by atoms with Crippen LogP contribution in [-0.2, 0) is 22.6 Å². The maximum atomic E-state index is 12.6. The van der Waals surface area contributed by atoms with Crippen LogP contribution in [0, 0.1) is 0 Å². The maximum absolute atomic E-state index is 12.6. The van der Waals surface area contributed by atoms with Gasteiger partial charge in [-0.25, -0.2) is 0 Å². The van der Waals surface area contributed by atoms with Crippen molar-refractivity contribution in [1.82, 2.24) is 4.90 Å². The van der Waals surface area contributed by atoms with Gasteiger partial charge in [-0.3, -0.25) is 9.59 Å². The van der Waals surface area contributed by atoms with Gasteiger partial charge in [-0.1, -0.05) is 6.07 Å². The largest absolute Gasteiger partial charge is 0.497 e. The summed E-state index contributed by atoms with van der Waals surface area (Å²) in [7, 11) is 1.65. The van der Waals surface area contributed by atoms with Crippen molar-refractivity contribution in [2.45, 2.75) is 25.8 Å². The molecule has 6 nitrogen and oxygen atoms in total. The number of fused-ring (bicyclic) bond motifs is 1. The minimum Gasteiger partial charge on any atom is -0.497 e. The van der Waals surface area contributed by atoms with Crippen molar-refractivity contribution in [3.05, 3.63) is 53.6 Å². The Morgan fingerprint density at radius 2 is 1.79 bits per heavy atom. The molecule has 28 heavy (non-hydrogen) atoms. The lowest BCUT2D eigenvalue weighted by Crippen LogP contribution is -2.38. The second-order valence-corrected chi connectivity index (χ2v) is 7.13. The van der Waals surface area contributed by atoms with E-state index in [-0.39, 0.29) is 18.4 Å². The lowest BCUT2D eigenvalue weighted by Gasteiger charge is -2.29. The normalized spacial score (nSPS) is 16.1. The van der Waals surface area contributed by atoms with Gasteiger partial charge in [0.25, 0.3) is 5.91 Å². The van der Waals surface area contributed by atoms with Gasteiger partial charge in [-0.2, -0.15) is 0 Å². The molecule has 2 aromatic rings. The molecular weight excluding hydrogens is 356 g/mol. The monoisotopic (exact) mass is 380 g/mol. The molecule has 0 atom stereocenters. The molecule has 2 amide bonds. The number of hydrogen-bond acceptors (Lipinski definition) is 4. The molecule has 0 radical (unpaired) electrons. The second-order valence-electron chi connectivity index (χ2n) is 7.13. The molecule has 1 saturated heterocycles. The first kappa shape index (κ1) is 18.3. The van der Waals surface area contributed by atoms with Crippen LogP contribution in [0.4, 0.5) is 5.69 Å². The molecule has 2 aromatic carbocycles. The molecule has 0 saturated carbocycles. The standard InChI is InChI=1S/C22H24N2O4/c1-27-20-7-4-16-10-12-23(14-17(16)13-20)22(26)15-28-19-8-5-18(6-9-19)24-11-2-3-21(24)25/h4-9,13H,2-3,10-12,14-15H2,1H3. The predicted molar refractivity (Wildman–Crippen MR) is 106 cm³/mol. The third-order valence-corrected chi connectivity index (χ3v) is 5.36. The summed E-state index contributed by atoms with van der Waals surface area (Å²) in [6.45, 7) is 2.03. The van der Waals surface area contributed by atoms with Crippen LogP contribution in [-0.4, -0.2) is 43.5 Å². The van der Waals surface area contributed by atoms with Crippen LogP contribution < -0.4 is 14.4 Å². The van der Waals surface area contributed by atoms with Crippen LogP contribution >= 0.6 is 0 Å². The maximum Gasteiger partial charge on any atom is 0.260 e. The molecule has 2 aliphatic heterocycles. The Labute approximate surface area is 164 Å². The minimum atomic E-state index is -0.0349. The molecular formula is C22H24N2O4. The van der Waals surface area contributed by atoms with E-state index in [9.17, 15) is 9.59 Å². The Bertz CT molecular complexity index is 879. The van der Waals surface area contributed by atoms with Crippen molar-refractivity contribution in [1.29, 1.82) is 0 Å². The Kier molecular flexibility index (Phi) is 5.19. The zero-order chi connectivity index (χ0) is 19.5. The number of benzene rings is 2. The molecule has 0 unspecified atom stereocenters. The van der Waals surface area contributed by atoms with Crippen LogP contribution in [0.5, 0.6) is 11.5 Å². The highest BCUT2D eigenvalue weighted by molar-refractivity contribution is 5.95. The number of carbonyl (C=O) groups excluding carboxylic acids is 2. The van der Waals surface area contributed by atoms with Gasteiger partial charge in [0, 0.05) is 31.7 Å². The van der Waals surface area contributed by atoms with E-state index in [0.29, 0.717) is 25.3 Å². The highest BCUT2D eigenvalue weighted by atomic mass is 16.5. The molecule has 6 heteroatoms. The Hall–Kier alpha value is -3.02. The topological polar surface area (TPSA) is 59.1 Å². The van der Waals surface area contributed by atoms with Crippen LogP contribution in [0.3, 0.4) is 0 Å². The first-order valence-corrected chi connectivity index (χ1v) is 9.61. The third-order valence-electron chi connectivity index (χ3n) is 5.36. The molecule has 4 rings (SSSR count). The number of amides is 2. The molecule has 1 fully saturated rings. The van der Waals surface area contributed by atoms with E-state index < -0.39 is 0 Å². The number of rotatable bonds is 5. The van der Waals surface area contributed by atoms with Crippen LogP contribution in [0.1, 0.15) is 24.0 Å².